The fraction of sp³-hybridized carbons (Fsp3) is 0.280. The summed E-state index contributed by atoms with van der Waals surface area (Å²) in [7, 11) is 0. The summed E-state index contributed by atoms with van der Waals surface area (Å²) < 4.78 is 1.51. The summed E-state index contributed by atoms with van der Waals surface area (Å²) in [4.78, 5) is 34.3. The fourth-order valence-electron chi connectivity index (χ4n) is 3.77. The number of aryl methyl sites for hydroxylation is 1. The predicted octanol–water partition coefficient (Wildman–Crippen LogP) is 4.96. The lowest BCUT2D eigenvalue weighted by atomic mass is 10.0. The van der Waals surface area contributed by atoms with Gasteiger partial charge < -0.3 is 5.32 Å². The number of thiophene rings is 1. The normalized spacial score (nSPS) is 11.2. The van der Waals surface area contributed by atoms with Gasteiger partial charge in [-0.25, -0.2) is 4.98 Å². The molecule has 170 valence electrons. The first kappa shape index (κ1) is 22.7. The lowest BCUT2D eigenvalue weighted by Crippen LogP contribution is -2.25. The third-order valence-corrected chi connectivity index (χ3v) is 6.62. The summed E-state index contributed by atoms with van der Waals surface area (Å²) in [5.41, 5.74) is 2.77. The largest absolute Gasteiger partial charge is 0.310 e. The minimum Gasteiger partial charge on any atom is -0.310 e. The maximum atomic E-state index is 13.0. The summed E-state index contributed by atoms with van der Waals surface area (Å²) in [5.74, 6) is 0.588. The number of hydrogen-bond donors (Lipinski definition) is 2. The van der Waals surface area contributed by atoms with Crippen LogP contribution in [0.4, 0.5) is 5.82 Å². The van der Waals surface area contributed by atoms with Gasteiger partial charge in [0.2, 0.25) is 11.9 Å². The number of benzene rings is 1. The van der Waals surface area contributed by atoms with E-state index >= 15 is 0 Å². The van der Waals surface area contributed by atoms with Gasteiger partial charge in [-0.3, -0.25) is 14.6 Å². The second-order valence-corrected chi connectivity index (χ2v) is 8.87. The molecular weight excluding hydrogens is 434 g/mol. The summed E-state index contributed by atoms with van der Waals surface area (Å²) in [6, 6.07) is 15.6. The van der Waals surface area contributed by atoms with Gasteiger partial charge in [-0.1, -0.05) is 50.2 Å². The Hall–Kier alpha value is -3.52. The van der Waals surface area contributed by atoms with Gasteiger partial charge in [-0.05, 0) is 36.8 Å². The molecule has 0 saturated heterocycles. The highest BCUT2D eigenvalue weighted by atomic mass is 32.1. The van der Waals surface area contributed by atoms with Gasteiger partial charge in [-0.2, -0.15) is 9.78 Å². The molecule has 0 unspecified atom stereocenters. The molecule has 0 aliphatic heterocycles. The molecule has 8 heteroatoms. The summed E-state index contributed by atoms with van der Waals surface area (Å²) in [5, 5.41) is 9.63. The Kier molecular flexibility index (Phi) is 6.84. The Balaban J connectivity index is 1.74. The molecule has 0 bridgehead atoms. The fourth-order valence-corrected chi connectivity index (χ4v) is 4.45. The van der Waals surface area contributed by atoms with Crippen LogP contribution >= 0.6 is 11.3 Å². The van der Waals surface area contributed by atoms with E-state index in [1.807, 2.05) is 74.7 Å². The van der Waals surface area contributed by atoms with E-state index in [0.717, 1.165) is 23.3 Å². The second kappa shape index (κ2) is 9.95. The maximum Gasteiger partial charge on any atom is 0.256 e. The Morgan fingerprint density at radius 2 is 1.91 bits per heavy atom. The van der Waals surface area contributed by atoms with Crippen LogP contribution in [0.1, 0.15) is 43.5 Å². The molecule has 2 N–H and O–H groups in total. The molecule has 4 rings (SSSR count). The summed E-state index contributed by atoms with van der Waals surface area (Å²) in [6.45, 7) is 5.81. The third kappa shape index (κ3) is 4.96. The van der Waals surface area contributed by atoms with Crippen LogP contribution in [0.2, 0.25) is 0 Å². The molecule has 33 heavy (non-hydrogen) atoms. The van der Waals surface area contributed by atoms with Crippen molar-refractivity contribution in [2.45, 2.75) is 40.0 Å². The Morgan fingerprint density at radius 1 is 1.15 bits per heavy atom. The third-order valence-electron chi connectivity index (χ3n) is 5.72. The minimum absolute atomic E-state index is 0.0707. The van der Waals surface area contributed by atoms with E-state index in [1.165, 1.54) is 4.68 Å². The van der Waals surface area contributed by atoms with Crippen molar-refractivity contribution in [2.75, 3.05) is 5.32 Å². The van der Waals surface area contributed by atoms with Crippen molar-refractivity contribution in [3.63, 3.8) is 0 Å². The van der Waals surface area contributed by atoms with E-state index in [4.69, 9.17) is 0 Å². The van der Waals surface area contributed by atoms with Gasteiger partial charge in [0.15, 0.2) is 0 Å². The van der Waals surface area contributed by atoms with Crippen molar-refractivity contribution in [3.05, 3.63) is 81.1 Å². The molecular formula is C25H27N5O2S. The molecule has 0 saturated carbocycles. The SMILES string of the molecule is CCC(CC)C(=O)Nc1cc(-c2cccs2)nn1-c1nc(C)c(Cc2ccccc2)c(=O)[nH]1. The molecule has 0 aliphatic rings. The van der Waals surface area contributed by atoms with Crippen molar-refractivity contribution in [1.29, 1.82) is 0 Å². The van der Waals surface area contributed by atoms with Gasteiger partial charge >= 0.3 is 0 Å². The zero-order valence-corrected chi connectivity index (χ0v) is 19.8. The molecule has 0 radical (unpaired) electrons. The average Bonchev–Trinajstić information content (AvgIpc) is 3.48. The van der Waals surface area contributed by atoms with E-state index in [1.54, 1.807) is 11.3 Å². The summed E-state index contributed by atoms with van der Waals surface area (Å²) in [6.07, 6.45) is 1.99. The molecule has 0 fully saturated rings. The molecule has 0 atom stereocenters. The van der Waals surface area contributed by atoms with Crippen LogP contribution in [0.3, 0.4) is 0 Å². The van der Waals surface area contributed by atoms with E-state index < -0.39 is 0 Å². The highest BCUT2D eigenvalue weighted by Gasteiger charge is 2.20. The Bertz CT molecular complexity index is 1290. The van der Waals surface area contributed by atoms with Crippen LogP contribution < -0.4 is 10.9 Å². The topological polar surface area (TPSA) is 92.7 Å². The number of nitrogens with one attached hydrogen (secondary N) is 2. The van der Waals surface area contributed by atoms with Crippen molar-refractivity contribution in [1.82, 2.24) is 19.7 Å². The number of aromatic amines is 1. The maximum absolute atomic E-state index is 13.0. The molecule has 0 aliphatic carbocycles. The van der Waals surface area contributed by atoms with Crippen LogP contribution in [0, 0.1) is 12.8 Å². The van der Waals surface area contributed by atoms with Gasteiger partial charge in [0.05, 0.1) is 10.6 Å². The van der Waals surface area contributed by atoms with E-state index in [0.29, 0.717) is 29.2 Å². The Morgan fingerprint density at radius 3 is 2.55 bits per heavy atom. The zero-order valence-electron chi connectivity index (χ0n) is 19.0. The molecule has 1 aromatic carbocycles. The molecule has 4 aromatic rings. The quantitative estimate of drug-likeness (QED) is 0.388. The number of anilines is 1. The van der Waals surface area contributed by atoms with Crippen molar-refractivity contribution < 1.29 is 4.79 Å². The number of hydrogen-bond acceptors (Lipinski definition) is 5. The minimum atomic E-state index is -0.216. The van der Waals surface area contributed by atoms with Crippen molar-refractivity contribution in [3.8, 4) is 16.5 Å². The highest BCUT2D eigenvalue weighted by molar-refractivity contribution is 7.13. The first-order valence-corrected chi connectivity index (χ1v) is 12.0. The molecule has 3 heterocycles. The van der Waals surface area contributed by atoms with Crippen LogP contribution in [0.5, 0.6) is 0 Å². The van der Waals surface area contributed by atoms with Crippen LogP contribution in [-0.2, 0) is 11.2 Å². The van der Waals surface area contributed by atoms with Crippen LogP contribution in [-0.4, -0.2) is 25.7 Å². The summed E-state index contributed by atoms with van der Waals surface area (Å²) >= 11 is 1.56. The van der Waals surface area contributed by atoms with Gasteiger partial charge in [0.1, 0.15) is 11.5 Å². The number of nitrogens with zero attached hydrogens (tertiary/aromatic N) is 3. The number of rotatable bonds is 8. The number of carbonyl (C=O) groups excluding carboxylic acids is 1. The zero-order chi connectivity index (χ0) is 23.4. The smallest absolute Gasteiger partial charge is 0.256 e. The van der Waals surface area contributed by atoms with Crippen molar-refractivity contribution in [2.24, 2.45) is 5.92 Å². The van der Waals surface area contributed by atoms with Crippen molar-refractivity contribution >= 4 is 23.1 Å². The monoisotopic (exact) mass is 461 g/mol. The number of carbonyl (C=O) groups is 1. The second-order valence-electron chi connectivity index (χ2n) is 7.92. The molecule has 7 nitrogen and oxygen atoms in total. The lowest BCUT2D eigenvalue weighted by Gasteiger charge is -2.14. The van der Waals surface area contributed by atoms with E-state index in [9.17, 15) is 9.59 Å². The standard InChI is InChI=1S/C25H27N5O2S/c1-4-18(5-2)23(31)27-22-15-20(21-12-9-13-33-21)29-30(22)25-26-16(3)19(24(32)28-25)14-17-10-7-6-8-11-17/h6-13,15,18H,4-5,14H2,1-3H3,(H,27,31)(H,26,28,32). The van der Waals surface area contributed by atoms with Crippen LogP contribution in [0.15, 0.2) is 58.7 Å². The lowest BCUT2D eigenvalue weighted by molar-refractivity contribution is -0.120. The van der Waals surface area contributed by atoms with Crippen LogP contribution in [0.25, 0.3) is 16.5 Å². The average molecular weight is 462 g/mol. The number of H-pyrrole nitrogens is 1. The van der Waals surface area contributed by atoms with E-state index in [2.05, 4.69) is 20.4 Å². The predicted molar refractivity (Wildman–Crippen MR) is 132 cm³/mol. The Labute approximate surface area is 196 Å². The van der Waals surface area contributed by atoms with Gasteiger partial charge in [0, 0.05) is 24.0 Å². The molecule has 3 aromatic heterocycles. The first-order chi connectivity index (χ1) is 16.0. The van der Waals surface area contributed by atoms with Gasteiger partial charge in [-0.15, -0.1) is 11.3 Å². The highest BCUT2D eigenvalue weighted by Crippen LogP contribution is 2.28. The van der Waals surface area contributed by atoms with E-state index in [-0.39, 0.29) is 23.3 Å². The number of aromatic nitrogens is 4. The number of amides is 1. The van der Waals surface area contributed by atoms with Gasteiger partial charge in [0.25, 0.3) is 5.56 Å². The first-order valence-electron chi connectivity index (χ1n) is 11.1. The molecule has 1 amide bonds. The molecule has 0 spiro atoms.